The lowest BCUT2D eigenvalue weighted by molar-refractivity contribution is 0.102. The largest absolute Gasteiger partial charge is 0.486 e. The van der Waals surface area contributed by atoms with Crippen molar-refractivity contribution in [1.82, 2.24) is 4.98 Å². The molecular formula is C20H20N2O2S. The molecule has 1 aromatic heterocycles. The number of amides is 1. The van der Waals surface area contributed by atoms with E-state index in [-0.39, 0.29) is 5.91 Å². The van der Waals surface area contributed by atoms with Gasteiger partial charge in [-0.3, -0.25) is 4.79 Å². The molecular weight excluding hydrogens is 332 g/mol. The van der Waals surface area contributed by atoms with Crippen molar-refractivity contribution in [2.24, 2.45) is 0 Å². The third-order valence-electron chi connectivity index (χ3n) is 3.79. The number of rotatable bonds is 5. The normalized spacial score (nSPS) is 10.5. The van der Waals surface area contributed by atoms with Gasteiger partial charge in [-0.1, -0.05) is 12.1 Å². The van der Waals surface area contributed by atoms with Gasteiger partial charge in [0, 0.05) is 22.3 Å². The fourth-order valence-electron chi connectivity index (χ4n) is 2.38. The van der Waals surface area contributed by atoms with Crippen LogP contribution in [0.3, 0.4) is 0 Å². The molecule has 1 amide bonds. The number of carbonyl (C=O) groups excluding carboxylic acids is 1. The van der Waals surface area contributed by atoms with E-state index in [0.717, 1.165) is 33.3 Å². The average molecular weight is 352 g/mol. The summed E-state index contributed by atoms with van der Waals surface area (Å²) in [5, 5.41) is 5.90. The Hall–Kier alpha value is -2.66. The number of hydrogen-bond acceptors (Lipinski definition) is 4. The number of nitrogens with one attached hydrogen (secondary N) is 1. The minimum Gasteiger partial charge on any atom is -0.486 e. The van der Waals surface area contributed by atoms with E-state index in [1.807, 2.05) is 44.4 Å². The van der Waals surface area contributed by atoms with Crippen LogP contribution in [0.2, 0.25) is 0 Å². The van der Waals surface area contributed by atoms with Crippen LogP contribution in [0.1, 0.15) is 32.2 Å². The van der Waals surface area contributed by atoms with Crippen molar-refractivity contribution in [2.75, 3.05) is 5.32 Å². The first-order valence-corrected chi connectivity index (χ1v) is 8.92. The quantitative estimate of drug-likeness (QED) is 0.710. The molecule has 25 heavy (non-hydrogen) atoms. The molecule has 0 aliphatic carbocycles. The fourth-order valence-corrected chi connectivity index (χ4v) is 3.06. The Morgan fingerprint density at radius 2 is 1.88 bits per heavy atom. The Kier molecular flexibility index (Phi) is 5.14. The molecule has 0 aliphatic rings. The molecule has 1 heterocycles. The molecule has 0 radical (unpaired) electrons. The molecule has 4 nitrogen and oxygen atoms in total. The fraction of sp³-hybridized carbons (Fsp3) is 0.200. The van der Waals surface area contributed by atoms with E-state index in [1.54, 1.807) is 35.6 Å². The summed E-state index contributed by atoms with van der Waals surface area (Å²) >= 11 is 1.58. The number of thiazole rings is 1. The van der Waals surface area contributed by atoms with Gasteiger partial charge < -0.3 is 10.1 Å². The molecule has 1 N–H and O–H groups in total. The van der Waals surface area contributed by atoms with E-state index in [4.69, 9.17) is 4.74 Å². The molecule has 0 atom stereocenters. The Balaban J connectivity index is 1.63. The van der Waals surface area contributed by atoms with Gasteiger partial charge in [0.05, 0.1) is 0 Å². The maximum Gasteiger partial charge on any atom is 0.255 e. The van der Waals surface area contributed by atoms with E-state index < -0.39 is 0 Å². The molecule has 0 saturated heterocycles. The third kappa shape index (κ3) is 4.45. The summed E-state index contributed by atoms with van der Waals surface area (Å²) in [6.07, 6.45) is 0. The van der Waals surface area contributed by atoms with Crippen LogP contribution in [0.25, 0.3) is 0 Å². The first kappa shape index (κ1) is 17.2. The third-order valence-corrected chi connectivity index (χ3v) is 4.73. The van der Waals surface area contributed by atoms with Crippen LogP contribution < -0.4 is 10.1 Å². The van der Waals surface area contributed by atoms with Gasteiger partial charge in [0.25, 0.3) is 5.91 Å². The predicted molar refractivity (Wildman–Crippen MR) is 101 cm³/mol. The number of carbonyl (C=O) groups is 1. The summed E-state index contributed by atoms with van der Waals surface area (Å²) in [5.41, 5.74) is 4.59. The molecule has 128 valence electrons. The average Bonchev–Trinajstić information content (AvgIpc) is 3.02. The molecule has 0 bridgehead atoms. The van der Waals surface area contributed by atoms with Gasteiger partial charge in [-0.05, 0) is 62.2 Å². The van der Waals surface area contributed by atoms with Gasteiger partial charge in [0.15, 0.2) is 0 Å². The summed E-state index contributed by atoms with van der Waals surface area (Å²) in [7, 11) is 0. The Bertz CT molecular complexity index is 885. The summed E-state index contributed by atoms with van der Waals surface area (Å²) < 4.78 is 5.71. The topological polar surface area (TPSA) is 51.2 Å². The van der Waals surface area contributed by atoms with E-state index >= 15 is 0 Å². The predicted octanol–water partition coefficient (Wildman–Crippen LogP) is 4.90. The monoisotopic (exact) mass is 352 g/mol. The lowest BCUT2D eigenvalue weighted by Gasteiger charge is -2.10. The summed E-state index contributed by atoms with van der Waals surface area (Å²) in [6.45, 7) is 6.38. The smallest absolute Gasteiger partial charge is 0.255 e. The first-order chi connectivity index (χ1) is 12.0. The number of benzene rings is 2. The molecule has 0 fully saturated rings. The van der Waals surface area contributed by atoms with Crippen molar-refractivity contribution in [3.8, 4) is 5.75 Å². The first-order valence-electron chi connectivity index (χ1n) is 8.04. The highest BCUT2D eigenvalue weighted by atomic mass is 32.1. The number of aryl methyl sites for hydroxylation is 3. The standard InChI is InChI=1S/C20H20N2O2S/c1-13-4-5-14(2)18(10-13)22-20(23)16-6-8-17(9-7-16)24-11-19-21-15(3)12-25-19/h4-10,12H,11H2,1-3H3,(H,22,23). The van der Waals surface area contributed by atoms with Crippen molar-refractivity contribution >= 4 is 22.9 Å². The number of nitrogens with zero attached hydrogens (tertiary/aromatic N) is 1. The minimum atomic E-state index is -0.129. The highest BCUT2D eigenvalue weighted by molar-refractivity contribution is 7.09. The second kappa shape index (κ2) is 7.49. The van der Waals surface area contributed by atoms with Crippen molar-refractivity contribution < 1.29 is 9.53 Å². The van der Waals surface area contributed by atoms with Crippen LogP contribution in [0.15, 0.2) is 47.8 Å². The summed E-state index contributed by atoms with van der Waals surface area (Å²) in [5.74, 6) is 0.590. The van der Waals surface area contributed by atoms with Crippen LogP contribution in [0, 0.1) is 20.8 Å². The Morgan fingerprint density at radius 1 is 1.12 bits per heavy atom. The van der Waals surface area contributed by atoms with Gasteiger partial charge in [0.1, 0.15) is 17.4 Å². The van der Waals surface area contributed by atoms with E-state index in [2.05, 4.69) is 10.3 Å². The number of hydrogen-bond donors (Lipinski definition) is 1. The van der Waals surface area contributed by atoms with Crippen molar-refractivity contribution in [1.29, 1.82) is 0 Å². The molecule has 0 saturated carbocycles. The van der Waals surface area contributed by atoms with E-state index in [9.17, 15) is 4.79 Å². The van der Waals surface area contributed by atoms with Crippen LogP contribution in [0.4, 0.5) is 5.69 Å². The van der Waals surface area contributed by atoms with Crippen molar-refractivity contribution in [3.05, 3.63) is 75.2 Å². The maximum atomic E-state index is 12.4. The van der Waals surface area contributed by atoms with E-state index in [1.165, 1.54) is 0 Å². The second-order valence-corrected chi connectivity index (χ2v) is 6.91. The SMILES string of the molecule is Cc1ccc(C)c(NC(=O)c2ccc(OCc3nc(C)cs3)cc2)c1. The van der Waals surface area contributed by atoms with Gasteiger partial charge in [-0.15, -0.1) is 11.3 Å². The molecule has 0 spiro atoms. The lowest BCUT2D eigenvalue weighted by Crippen LogP contribution is -2.12. The van der Waals surface area contributed by atoms with Gasteiger partial charge in [-0.2, -0.15) is 0 Å². The van der Waals surface area contributed by atoms with Crippen LogP contribution in [-0.4, -0.2) is 10.9 Å². The number of aromatic nitrogens is 1. The van der Waals surface area contributed by atoms with Crippen LogP contribution in [0.5, 0.6) is 5.75 Å². The van der Waals surface area contributed by atoms with E-state index in [0.29, 0.717) is 12.2 Å². The molecule has 2 aromatic carbocycles. The maximum absolute atomic E-state index is 12.4. The van der Waals surface area contributed by atoms with Gasteiger partial charge in [0.2, 0.25) is 0 Å². The molecule has 5 heteroatoms. The summed E-state index contributed by atoms with van der Waals surface area (Å²) in [6, 6.07) is 13.1. The second-order valence-electron chi connectivity index (χ2n) is 5.97. The van der Waals surface area contributed by atoms with Crippen molar-refractivity contribution in [3.63, 3.8) is 0 Å². The molecule has 3 rings (SSSR count). The van der Waals surface area contributed by atoms with Crippen LogP contribution in [-0.2, 0) is 6.61 Å². The molecule has 0 unspecified atom stereocenters. The van der Waals surface area contributed by atoms with Gasteiger partial charge in [-0.25, -0.2) is 4.98 Å². The zero-order valence-corrected chi connectivity index (χ0v) is 15.3. The highest BCUT2D eigenvalue weighted by Gasteiger charge is 2.08. The highest BCUT2D eigenvalue weighted by Crippen LogP contribution is 2.19. The number of anilines is 1. The zero-order chi connectivity index (χ0) is 17.8. The molecule has 3 aromatic rings. The zero-order valence-electron chi connectivity index (χ0n) is 14.5. The minimum absolute atomic E-state index is 0.129. The number of ether oxygens (including phenoxy) is 1. The lowest BCUT2D eigenvalue weighted by atomic mass is 10.1. The van der Waals surface area contributed by atoms with Crippen LogP contribution >= 0.6 is 11.3 Å². The Labute approximate surface area is 151 Å². The van der Waals surface area contributed by atoms with Crippen molar-refractivity contribution in [2.45, 2.75) is 27.4 Å². The molecule has 0 aliphatic heterocycles. The summed E-state index contributed by atoms with van der Waals surface area (Å²) in [4.78, 5) is 16.8. The Morgan fingerprint density at radius 3 is 2.56 bits per heavy atom. The van der Waals surface area contributed by atoms with Gasteiger partial charge >= 0.3 is 0 Å².